The van der Waals surface area contributed by atoms with Crippen LogP contribution in [0, 0.1) is 25.2 Å². The minimum Gasteiger partial charge on any atom is -0.496 e. The third-order valence-electron chi connectivity index (χ3n) is 3.67. The summed E-state index contributed by atoms with van der Waals surface area (Å²) in [5.41, 5.74) is 3.62. The smallest absolute Gasteiger partial charge is 0.123 e. The lowest BCUT2D eigenvalue weighted by molar-refractivity contribution is -0.0649. The highest BCUT2D eigenvalue weighted by molar-refractivity contribution is 5.49. The van der Waals surface area contributed by atoms with E-state index in [4.69, 9.17) is 14.7 Å². The van der Waals surface area contributed by atoms with E-state index in [-0.39, 0.29) is 5.41 Å². The average molecular weight is 245 g/mol. The zero-order chi connectivity index (χ0) is 13.2. The summed E-state index contributed by atoms with van der Waals surface area (Å²) in [6.45, 7) is 5.56. The van der Waals surface area contributed by atoms with Crippen LogP contribution in [0.25, 0.3) is 0 Å². The van der Waals surface area contributed by atoms with Crippen LogP contribution in [-0.2, 0) is 10.2 Å². The maximum Gasteiger partial charge on any atom is 0.123 e. The van der Waals surface area contributed by atoms with Crippen LogP contribution in [0.1, 0.15) is 29.5 Å². The Morgan fingerprint density at radius 3 is 2.61 bits per heavy atom. The first-order chi connectivity index (χ1) is 8.63. The van der Waals surface area contributed by atoms with Gasteiger partial charge in [0.05, 0.1) is 26.4 Å². The summed E-state index contributed by atoms with van der Waals surface area (Å²) in [7, 11) is 1.70. The third-order valence-corrected chi connectivity index (χ3v) is 3.67. The molecule has 1 saturated heterocycles. The molecule has 1 heterocycles. The second kappa shape index (κ2) is 4.99. The number of nitrogens with zero attached hydrogens (tertiary/aromatic N) is 1. The van der Waals surface area contributed by atoms with E-state index >= 15 is 0 Å². The van der Waals surface area contributed by atoms with Crippen LogP contribution in [0.4, 0.5) is 0 Å². The molecule has 0 aromatic heterocycles. The number of methoxy groups -OCH3 is 1. The summed E-state index contributed by atoms with van der Waals surface area (Å²) in [5, 5.41) is 8.81. The van der Waals surface area contributed by atoms with Gasteiger partial charge in [0, 0.05) is 17.4 Å². The van der Waals surface area contributed by atoms with Crippen LogP contribution in [0.2, 0.25) is 0 Å². The van der Waals surface area contributed by atoms with E-state index in [1.165, 1.54) is 16.7 Å². The second-order valence-corrected chi connectivity index (χ2v) is 5.09. The number of hydrogen-bond donors (Lipinski definition) is 0. The lowest BCUT2D eigenvalue weighted by Crippen LogP contribution is -2.47. The molecular weight excluding hydrogens is 226 g/mol. The number of aryl methyl sites for hydroxylation is 2. The number of hydrogen-bond acceptors (Lipinski definition) is 3. The Bertz CT molecular complexity index is 484. The predicted molar refractivity (Wildman–Crippen MR) is 69.8 cm³/mol. The van der Waals surface area contributed by atoms with E-state index in [9.17, 15) is 0 Å². The summed E-state index contributed by atoms with van der Waals surface area (Å²) < 4.78 is 10.9. The second-order valence-electron chi connectivity index (χ2n) is 5.09. The van der Waals surface area contributed by atoms with E-state index in [1.807, 2.05) is 0 Å². The molecular formula is C15H19NO2. The van der Waals surface area contributed by atoms with Crippen molar-refractivity contribution in [3.8, 4) is 11.8 Å². The molecule has 3 heteroatoms. The minimum atomic E-state index is -0.0289. The lowest BCUT2D eigenvalue weighted by Gasteiger charge is -2.43. The molecule has 3 nitrogen and oxygen atoms in total. The Kier molecular flexibility index (Phi) is 3.58. The van der Waals surface area contributed by atoms with Gasteiger partial charge in [-0.3, -0.25) is 0 Å². The summed E-state index contributed by atoms with van der Waals surface area (Å²) in [6, 6.07) is 6.47. The third kappa shape index (κ3) is 2.09. The zero-order valence-corrected chi connectivity index (χ0v) is 11.2. The Morgan fingerprint density at radius 1 is 1.39 bits per heavy atom. The van der Waals surface area contributed by atoms with Gasteiger partial charge in [-0.15, -0.1) is 0 Å². The number of nitriles is 1. The summed E-state index contributed by atoms with van der Waals surface area (Å²) in [5.74, 6) is 0.925. The van der Waals surface area contributed by atoms with Gasteiger partial charge in [-0.05, 0) is 37.5 Å². The molecule has 1 aliphatic heterocycles. The van der Waals surface area contributed by atoms with E-state index in [0.717, 1.165) is 12.2 Å². The summed E-state index contributed by atoms with van der Waals surface area (Å²) >= 11 is 0. The molecule has 96 valence electrons. The van der Waals surface area contributed by atoms with Crippen molar-refractivity contribution in [3.63, 3.8) is 0 Å². The van der Waals surface area contributed by atoms with Crippen molar-refractivity contribution in [2.24, 2.45) is 0 Å². The fraction of sp³-hybridized carbons (Fsp3) is 0.533. The molecule has 0 bridgehead atoms. The molecule has 2 rings (SSSR count). The highest BCUT2D eigenvalue weighted by Gasteiger charge is 2.42. The lowest BCUT2D eigenvalue weighted by atomic mass is 9.72. The topological polar surface area (TPSA) is 42.2 Å². The minimum absolute atomic E-state index is 0.0289. The molecule has 0 amide bonds. The number of ether oxygens (including phenoxy) is 2. The summed E-state index contributed by atoms with van der Waals surface area (Å²) in [4.78, 5) is 0. The van der Waals surface area contributed by atoms with Crippen molar-refractivity contribution in [2.45, 2.75) is 32.1 Å². The summed E-state index contributed by atoms with van der Waals surface area (Å²) in [6.07, 6.45) is 1.39. The van der Waals surface area contributed by atoms with Crippen molar-refractivity contribution >= 4 is 0 Å². The highest BCUT2D eigenvalue weighted by atomic mass is 16.5. The number of rotatable bonds is 4. The molecule has 1 aromatic carbocycles. The first-order valence-electron chi connectivity index (χ1n) is 6.23. The van der Waals surface area contributed by atoms with Crippen molar-refractivity contribution < 1.29 is 9.47 Å². The molecule has 18 heavy (non-hydrogen) atoms. The van der Waals surface area contributed by atoms with Gasteiger partial charge in [-0.2, -0.15) is 5.26 Å². The van der Waals surface area contributed by atoms with Crippen LogP contribution < -0.4 is 4.74 Å². The average Bonchev–Trinajstić information content (AvgIpc) is 2.29. The Balaban J connectivity index is 2.45. The van der Waals surface area contributed by atoms with Crippen LogP contribution in [0.15, 0.2) is 12.1 Å². The molecule has 0 saturated carbocycles. The molecule has 0 unspecified atom stereocenters. The molecule has 1 aliphatic rings. The van der Waals surface area contributed by atoms with Gasteiger partial charge in [-0.1, -0.05) is 6.07 Å². The van der Waals surface area contributed by atoms with Crippen LogP contribution in [0.5, 0.6) is 5.75 Å². The molecule has 0 radical (unpaired) electrons. The van der Waals surface area contributed by atoms with Crippen LogP contribution in [0.3, 0.4) is 0 Å². The Hall–Kier alpha value is -1.53. The SMILES string of the molecule is COc1cc(C)cc(C)c1C1(CCC#N)COC1. The van der Waals surface area contributed by atoms with Gasteiger partial charge >= 0.3 is 0 Å². The molecule has 0 spiro atoms. The molecule has 0 atom stereocenters. The molecule has 1 aromatic rings. The molecule has 0 aliphatic carbocycles. The largest absolute Gasteiger partial charge is 0.496 e. The molecule has 1 fully saturated rings. The first-order valence-corrected chi connectivity index (χ1v) is 6.23. The van der Waals surface area contributed by atoms with Crippen molar-refractivity contribution in [1.82, 2.24) is 0 Å². The van der Waals surface area contributed by atoms with E-state index in [2.05, 4.69) is 32.0 Å². The zero-order valence-electron chi connectivity index (χ0n) is 11.2. The van der Waals surface area contributed by atoms with E-state index in [1.54, 1.807) is 7.11 Å². The number of benzene rings is 1. The monoisotopic (exact) mass is 245 g/mol. The standard InChI is InChI=1S/C15H19NO2/c1-11-7-12(2)14(13(8-11)17-3)15(5-4-6-16)9-18-10-15/h7-8H,4-5,9-10H2,1-3H3. The van der Waals surface area contributed by atoms with E-state index < -0.39 is 0 Å². The quantitative estimate of drug-likeness (QED) is 0.819. The van der Waals surface area contributed by atoms with Gasteiger partial charge in [0.15, 0.2) is 0 Å². The van der Waals surface area contributed by atoms with Gasteiger partial charge in [-0.25, -0.2) is 0 Å². The van der Waals surface area contributed by atoms with Crippen LogP contribution >= 0.6 is 0 Å². The van der Waals surface area contributed by atoms with Crippen molar-refractivity contribution in [1.29, 1.82) is 5.26 Å². The maximum atomic E-state index is 8.81. The molecule has 0 N–H and O–H groups in total. The normalized spacial score (nSPS) is 16.8. The van der Waals surface area contributed by atoms with Gasteiger partial charge < -0.3 is 9.47 Å². The highest BCUT2D eigenvalue weighted by Crippen LogP contribution is 2.43. The Labute approximate surface area is 108 Å². The predicted octanol–water partition coefficient (Wildman–Crippen LogP) is 2.88. The van der Waals surface area contributed by atoms with Crippen molar-refractivity contribution in [3.05, 3.63) is 28.8 Å². The van der Waals surface area contributed by atoms with Gasteiger partial charge in [0.25, 0.3) is 0 Å². The maximum absolute atomic E-state index is 8.81. The fourth-order valence-electron chi connectivity index (χ4n) is 2.83. The fourth-order valence-corrected chi connectivity index (χ4v) is 2.83. The van der Waals surface area contributed by atoms with Crippen molar-refractivity contribution in [2.75, 3.05) is 20.3 Å². The van der Waals surface area contributed by atoms with Gasteiger partial charge in [0.1, 0.15) is 5.75 Å². The van der Waals surface area contributed by atoms with Crippen LogP contribution in [-0.4, -0.2) is 20.3 Å². The Morgan fingerprint density at radius 2 is 2.11 bits per heavy atom. The van der Waals surface area contributed by atoms with E-state index in [0.29, 0.717) is 19.6 Å². The van der Waals surface area contributed by atoms with Gasteiger partial charge in [0.2, 0.25) is 0 Å². The first kappa shape index (κ1) is 12.9.